The summed E-state index contributed by atoms with van der Waals surface area (Å²) < 4.78 is 5.65. The Morgan fingerprint density at radius 2 is 2.00 bits per heavy atom. The van der Waals surface area contributed by atoms with Crippen molar-refractivity contribution >= 4 is 0 Å². The number of ether oxygens (including phenoxy) is 1. The van der Waals surface area contributed by atoms with E-state index in [1.165, 1.54) is 58.0 Å². The zero-order chi connectivity index (χ0) is 10.8. The summed E-state index contributed by atoms with van der Waals surface area (Å²) in [5.41, 5.74) is 0. The molecule has 0 aromatic heterocycles. The Hall–Kier alpha value is -0.0800. The molecule has 0 bridgehead atoms. The van der Waals surface area contributed by atoms with Crippen LogP contribution in [0.25, 0.3) is 0 Å². The van der Waals surface area contributed by atoms with Gasteiger partial charge in [-0.05, 0) is 38.3 Å². The summed E-state index contributed by atoms with van der Waals surface area (Å²) in [6, 6.07) is 0. The van der Waals surface area contributed by atoms with Crippen molar-refractivity contribution in [2.75, 3.05) is 26.3 Å². The lowest BCUT2D eigenvalue weighted by atomic mass is 10.1. The lowest BCUT2D eigenvalue weighted by Crippen LogP contribution is -2.11. The van der Waals surface area contributed by atoms with Gasteiger partial charge in [-0.3, -0.25) is 0 Å². The molecule has 0 radical (unpaired) electrons. The third-order valence-electron chi connectivity index (χ3n) is 3.23. The molecule has 2 nitrogen and oxygen atoms in total. The fourth-order valence-corrected chi connectivity index (χ4v) is 2.12. The molecule has 0 saturated carbocycles. The highest BCUT2D eigenvalue weighted by Crippen LogP contribution is 2.12. The number of rotatable bonds is 9. The van der Waals surface area contributed by atoms with Gasteiger partial charge >= 0.3 is 0 Å². The molecule has 90 valence electrons. The van der Waals surface area contributed by atoms with Crippen LogP contribution in [0.2, 0.25) is 0 Å². The first-order valence-electron chi connectivity index (χ1n) is 6.72. The van der Waals surface area contributed by atoms with E-state index in [0.717, 1.165) is 19.1 Å². The second kappa shape index (κ2) is 9.17. The van der Waals surface area contributed by atoms with Gasteiger partial charge < -0.3 is 10.1 Å². The van der Waals surface area contributed by atoms with Crippen molar-refractivity contribution in [3.8, 4) is 0 Å². The Kier molecular flexibility index (Phi) is 7.94. The average Bonchev–Trinajstić information content (AvgIpc) is 2.75. The fourth-order valence-electron chi connectivity index (χ4n) is 2.12. The van der Waals surface area contributed by atoms with Crippen molar-refractivity contribution in [2.24, 2.45) is 5.92 Å². The largest absolute Gasteiger partial charge is 0.381 e. The summed E-state index contributed by atoms with van der Waals surface area (Å²) in [6.07, 6.45) is 9.29. The molecule has 0 amide bonds. The van der Waals surface area contributed by atoms with E-state index in [1.54, 1.807) is 0 Å². The Morgan fingerprint density at radius 3 is 2.73 bits per heavy atom. The molecular weight excluding hydrogens is 186 g/mol. The number of unbranched alkanes of at least 4 members (excludes halogenated alkanes) is 4. The molecule has 1 fully saturated rings. The van der Waals surface area contributed by atoms with Gasteiger partial charge in [0.05, 0.1) is 0 Å². The van der Waals surface area contributed by atoms with Gasteiger partial charge in [0.1, 0.15) is 0 Å². The van der Waals surface area contributed by atoms with Gasteiger partial charge in [-0.2, -0.15) is 0 Å². The summed E-state index contributed by atoms with van der Waals surface area (Å²) in [6.45, 7) is 6.62. The second-order valence-corrected chi connectivity index (χ2v) is 4.67. The van der Waals surface area contributed by atoms with Crippen LogP contribution in [0.1, 0.15) is 51.9 Å². The molecule has 1 aliphatic rings. The van der Waals surface area contributed by atoms with E-state index in [9.17, 15) is 0 Å². The summed E-state index contributed by atoms with van der Waals surface area (Å²) >= 11 is 0. The van der Waals surface area contributed by atoms with Gasteiger partial charge in [0, 0.05) is 13.2 Å². The van der Waals surface area contributed by atoms with Crippen LogP contribution in [0.3, 0.4) is 0 Å². The van der Waals surface area contributed by atoms with Gasteiger partial charge in [0.25, 0.3) is 0 Å². The molecule has 0 spiro atoms. The number of hydrogen-bond donors (Lipinski definition) is 1. The number of nitrogens with one attached hydrogen (secondary N) is 1. The molecule has 1 N–H and O–H groups in total. The van der Waals surface area contributed by atoms with E-state index in [2.05, 4.69) is 12.2 Å². The lowest BCUT2D eigenvalue weighted by Gasteiger charge is -2.08. The molecule has 1 atom stereocenters. The minimum atomic E-state index is 0.880. The van der Waals surface area contributed by atoms with Crippen LogP contribution in [0, 0.1) is 5.92 Å². The molecular formula is C13H27NO. The molecule has 1 unspecified atom stereocenters. The highest BCUT2D eigenvalue weighted by atomic mass is 16.5. The first-order chi connectivity index (χ1) is 7.43. The van der Waals surface area contributed by atoms with Gasteiger partial charge in [-0.15, -0.1) is 0 Å². The minimum Gasteiger partial charge on any atom is -0.381 e. The zero-order valence-corrected chi connectivity index (χ0v) is 10.3. The first kappa shape index (κ1) is 13.0. The van der Waals surface area contributed by atoms with Gasteiger partial charge in [-0.25, -0.2) is 0 Å². The second-order valence-electron chi connectivity index (χ2n) is 4.67. The Morgan fingerprint density at radius 1 is 1.13 bits per heavy atom. The molecule has 0 aromatic carbocycles. The molecule has 1 aliphatic heterocycles. The third-order valence-corrected chi connectivity index (χ3v) is 3.23. The highest BCUT2D eigenvalue weighted by molar-refractivity contribution is 4.70. The van der Waals surface area contributed by atoms with Crippen molar-refractivity contribution < 1.29 is 4.74 Å². The van der Waals surface area contributed by atoms with Crippen LogP contribution in [-0.2, 0) is 4.74 Å². The summed E-state index contributed by atoms with van der Waals surface area (Å²) in [7, 11) is 0. The van der Waals surface area contributed by atoms with E-state index in [4.69, 9.17) is 4.74 Å². The maximum absolute atomic E-state index is 5.65. The first-order valence-corrected chi connectivity index (χ1v) is 6.72. The SMILES string of the molecule is CCCCCCCOCCC1CCNC1. The average molecular weight is 213 g/mol. The van der Waals surface area contributed by atoms with Crippen LogP contribution >= 0.6 is 0 Å². The van der Waals surface area contributed by atoms with Crippen molar-refractivity contribution in [1.29, 1.82) is 0 Å². The lowest BCUT2D eigenvalue weighted by molar-refractivity contribution is 0.118. The molecule has 0 aliphatic carbocycles. The molecule has 0 aromatic rings. The molecule has 1 heterocycles. The van der Waals surface area contributed by atoms with E-state index in [-0.39, 0.29) is 0 Å². The van der Waals surface area contributed by atoms with Crippen molar-refractivity contribution in [1.82, 2.24) is 5.32 Å². The van der Waals surface area contributed by atoms with E-state index >= 15 is 0 Å². The van der Waals surface area contributed by atoms with Gasteiger partial charge in [-0.1, -0.05) is 32.6 Å². The maximum Gasteiger partial charge on any atom is 0.0469 e. The van der Waals surface area contributed by atoms with Gasteiger partial charge in [0.15, 0.2) is 0 Å². The Balaban J connectivity index is 1.73. The van der Waals surface area contributed by atoms with Crippen molar-refractivity contribution in [3.05, 3.63) is 0 Å². The predicted molar refractivity (Wildman–Crippen MR) is 65.2 cm³/mol. The standard InChI is InChI=1S/C13H27NO/c1-2-3-4-5-6-10-15-11-8-13-7-9-14-12-13/h13-14H,2-12H2,1H3. The Labute approximate surface area is 94.8 Å². The topological polar surface area (TPSA) is 21.3 Å². The van der Waals surface area contributed by atoms with E-state index in [1.807, 2.05) is 0 Å². The summed E-state index contributed by atoms with van der Waals surface area (Å²) in [5, 5.41) is 3.39. The van der Waals surface area contributed by atoms with Crippen LogP contribution in [0.5, 0.6) is 0 Å². The Bertz CT molecular complexity index is 132. The third kappa shape index (κ3) is 6.91. The maximum atomic E-state index is 5.65. The predicted octanol–water partition coefficient (Wildman–Crippen LogP) is 2.97. The smallest absolute Gasteiger partial charge is 0.0469 e. The fraction of sp³-hybridized carbons (Fsp3) is 1.00. The normalized spacial score (nSPS) is 21.0. The van der Waals surface area contributed by atoms with Crippen LogP contribution in [0.15, 0.2) is 0 Å². The van der Waals surface area contributed by atoms with Crippen LogP contribution in [0.4, 0.5) is 0 Å². The van der Waals surface area contributed by atoms with E-state index < -0.39 is 0 Å². The molecule has 15 heavy (non-hydrogen) atoms. The quantitative estimate of drug-likeness (QED) is 0.595. The van der Waals surface area contributed by atoms with Gasteiger partial charge in [0.2, 0.25) is 0 Å². The molecule has 1 rings (SSSR count). The monoisotopic (exact) mass is 213 g/mol. The van der Waals surface area contributed by atoms with Crippen LogP contribution in [-0.4, -0.2) is 26.3 Å². The molecule has 1 saturated heterocycles. The van der Waals surface area contributed by atoms with E-state index in [0.29, 0.717) is 0 Å². The van der Waals surface area contributed by atoms with Crippen LogP contribution < -0.4 is 5.32 Å². The van der Waals surface area contributed by atoms with Crippen molar-refractivity contribution in [3.63, 3.8) is 0 Å². The molecule has 2 heteroatoms. The number of hydrogen-bond acceptors (Lipinski definition) is 2. The van der Waals surface area contributed by atoms with Crippen molar-refractivity contribution in [2.45, 2.75) is 51.9 Å². The highest BCUT2D eigenvalue weighted by Gasteiger charge is 2.13. The summed E-state index contributed by atoms with van der Waals surface area (Å²) in [5.74, 6) is 0.880. The zero-order valence-electron chi connectivity index (χ0n) is 10.3. The summed E-state index contributed by atoms with van der Waals surface area (Å²) in [4.78, 5) is 0. The minimum absolute atomic E-state index is 0.880.